The highest BCUT2D eigenvalue weighted by atomic mass is 35.5. The molecule has 3 aromatic rings. The number of aromatic nitrogens is 2. The first-order valence-electron chi connectivity index (χ1n) is 10.8. The number of halogens is 2. The van der Waals surface area contributed by atoms with Gasteiger partial charge in [-0.1, -0.05) is 29.8 Å². The van der Waals surface area contributed by atoms with Crippen molar-refractivity contribution in [2.75, 3.05) is 18.4 Å². The topological polar surface area (TPSA) is 59.4 Å². The molecule has 0 radical (unpaired) electrons. The fourth-order valence-corrected chi connectivity index (χ4v) is 4.13. The first kappa shape index (κ1) is 22.4. The molecule has 0 aliphatic carbocycles. The molecule has 1 aromatic heterocycles. The van der Waals surface area contributed by atoms with Crippen molar-refractivity contribution >= 4 is 34.7 Å². The highest BCUT2D eigenvalue weighted by molar-refractivity contribution is 6.31. The van der Waals surface area contributed by atoms with Gasteiger partial charge in [0, 0.05) is 29.7 Å². The van der Waals surface area contributed by atoms with Gasteiger partial charge in [0.15, 0.2) is 0 Å². The largest absolute Gasteiger partial charge is 0.444 e. The summed E-state index contributed by atoms with van der Waals surface area (Å²) in [6.45, 7) is 7.07. The van der Waals surface area contributed by atoms with Crippen LogP contribution in [-0.2, 0) is 11.3 Å². The lowest BCUT2D eigenvalue weighted by atomic mass is 10.1. The van der Waals surface area contributed by atoms with Crippen LogP contribution in [0.2, 0.25) is 5.02 Å². The maximum absolute atomic E-state index is 14.5. The lowest BCUT2D eigenvalue weighted by Gasteiger charge is -2.34. The van der Waals surface area contributed by atoms with E-state index in [0.717, 1.165) is 23.9 Å². The Hall–Kier alpha value is -2.80. The number of nitrogens with zero attached hydrogens (tertiary/aromatic N) is 3. The van der Waals surface area contributed by atoms with E-state index in [-0.39, 0.29) is 24.5 Å². The molecular weight excluding hydrogens is 431 g/mol. The number of anilines is 1. The molecule has 0 bridgehead atoms. The molecule has 8 heteroatoms. The molecule has 2 aromatic carbocycles. The minimum atomic E-state index is -0.509. The molecule has 32 heavy (non-hydrogen) atoms. The number of fused-ring (bicyclic) bond motifs is 1. The molecule has 0 saturated carbocycles. The number of hydrogen-bond donors (Lipinski definition) is 1. The van der Waals surface area contributed by atoms with Gasteiger partial charge in [-0.25, -0.2) is 14.2 Å². The quantitative estimate of drug-likeness (QED) is 0.545. The van der Waals surface area contributed by atoms with Gasteiger partial charge in [-0.3, -0.25) is 0 Å². The number of ether oxygens (including phenoxy) is 1. The molecule has 1 saturated heterocycles. The molecule has 4 rings (SSSR count). The molecule has 1 aliphatic heterocycles. The van der Waals surface area contributed by atoms with Gasteiger partial charge in [0.05, 0.1) is 17.6 Å². The van der Waals surface area contributed by atoms with E-state index in [1.165, 1.54) is 6.07 Å². The van der Waals surface area contributed by atoms with Crippen LogP contribution in [0.4, 0.5) is 15.1 Å². The zero-order valence-electron chi connectivity index (χ0n) is 18.6. The number of para-hydroxylation sites is 2. The Morgan fingerprint density at radius 2 is 1.91 bits per heavy atom. The Kier molecular flexibility index (Phi) is 6.29. The third-order valence-corrected chi connectivity index (χ3v) is 5.87. The fraction of sp³-hybridized carbons (Fsp3) is 0.417. The Bertz CT molecular complexity index is 1100. The van der Waals surface area contributed by atoms with E-state index < -0.39 is 5.60 Å². The Labute approximate surface area is 192 Å². The maximum Gasteiger partial charge on any atom is 0.410 e. The van der Waals surface area contributed by atoms with Crippen LogP contribution in [0.3, 0.4) is 0 Å². The van der Waals surface area contributed by atoms with Crippen molar-refractivity contribution < 1.29 is 13.9 Å². The molecule has 1 N–H and O–H groups in total. The highest BCUT2D eigenvalue weighted by Gasteiger charge is 2.27. The summed E-state index contributed by atoms with van der Waals surface area (Å²) >= 11 is 6.29. The Morgan fingerprint density at radius 3 is 2.59 bits per heavy atom. The van der Waals surface area contributed by atoms with Gasteiger partial charge in [0.1, 0.15) is 11.4 Å². The van der Waals surface area contributed by atoms with Crippen LogP contribution in [0.25, 0.3) is 11.0 Å². The lowest BCUT2D eigenvalue weighted by Crippen LogP contribution is -2.44. The molecule has 170 valence electrons. The van der Waals surface area contributed by atoms with E-state index in [9.17, 15) is 9.18 Å². The maximum atomic E-state index is 14.5. The number of carbonyl (C=O) groups is 1. The zero-order chi connectivity index (χ0) is 22.9. The molecule has 2 heterocycles. The highest BCUT2D eigenvalue weighted by Crippen LogP contribution is 2.27. The monoisotopic (exact) mass is 458 g/mol. The Balaban J connectivity index is 1.52. The number of benzene rings is 2. The van der Waals surface area contributed by atoms with Crippen molar-refractivity contribution in [1.82, 2.24) is 14.5 Å². The number of piperidine rings is 1. The number of rotatable bonds is 4. The number of carbonyl (C=O) groups excluding carboxylic acids is 1. The third-order valence-electron chi connectivity index (χ3n) is 5.51. The van der Waals surface area contributed by atoms with Gasteiger partial charge in [0.25, 0.3) is 0 Å². The average molecular weight is 459 g/mol. The van der Waals surface area contributed by atoms with E-state index >= 15 is 0 Å². The summed E-state index contributed by atoms with van der Waals surface area (Å²) in [7, 11) is 0. The smallest absolute Gasteiger partial charge is 0.410 e. The van der Waals surface area contributed by atoms with Crippen molar-refractivity contribution in [2.45, 2.75) is 51.8 Å². The number of amides is 1. The summed E-state index contributed by atoms with van der Waals surface area (Å²) in [5, 5.41) is 3.90. The molecular formula is C24H28ClFN4O2. The van der Waals surface area contributed by atoms with Crippen molar-refractivity contribution in [3.63, 3.8) is 0 Å². The van der Waals surface area contributed by atoms with Crippen LogP contribution in [0.5, 0.6) is 0 Å². The lowest BCUT2D eigenvalue weighted by molar-refractivity contribution is 0.0210. The van der Waals surface area contributed by atoms with Gasteiger partial charge >= 0.3 is 6.09 Å². The number of imidazole rings is 1. The van der Waals surface area contributed by atoms with Crippen LogP contribution in [0, 0.1) is 5.82 Å². The van der Waals surface area contributed by atoms with Gasteiger partial charge in [-0.2, -0.15) is 0 Å². The van der Waals surface area contributed by atoms with E-state index in [0.29, 0.717) is 29.6 Å². The molecule has 1 fully saturated rings. The number of likely N-dealkylation sites (tertiary alicyclic amines) is 1. The molecule has 1 amide bonds. The van der Waals surface area contributed by atoms with Gasteiger partial charge in [-0.05, 0) is 57.9 Å². The SMILES string of the molecule is CC(C)(C)OC(=O)N1CCC(Nc2nc3ccccc3n2Cc2c(F)cccc2Cl)CC1. The molecule has 1 aliphatic rings. The normalized spacial score (nSPS) is 15.2. The second-order valence-electron chi connectivity index (χ2n) is 9.10. The predicted molar refractivity (Wildman–Crippen MR) is 125 cm³/mol. The second-order valence-corrected chi connectivity index (χ2v) is 9.50. The summed E-state index contributed by atoms with van der Waals surface area (Å²) in [5.41, 5.74) is 1.65. The summed E-state index contributed by atoms with van der Waals surface area (Å²) in [6.07, 6.45) is 1.25. The third kappa shape index (κ3) is 4.99. The summed E-state index contributed by atoms with van der Waals surface area (Å²) in [6, 6.07) is 12.6. The van der Waals surface area contributed by atoms with E-state index in [4.69, 9.17) is 21.3 Å². The van der Waals surface area contributed by atoms with Crippen molar-refractivity contribution in [3.8, 4) is 0 Å². The second kappa shape index (κ2) is 8.98. The average Bonchev–Trinajstić information content (AvgIpc) is 3.07. The van der Waals surface area contributed by atoms with Crippen molar-refractivity contribution in [3.05, 3.63) is 58.9 Å². The van der Waals surface area contributed by atoms with Crippen LogP contribution >= 0.6 is 11.6 Å². The van der Waals surface area contributed by atoms with Gasteiger partial charge in [0.2, 0.25) is 5.95 Å². The van der Waals surface area contributed by atoms with Crippen molar-refractivity contribution in [1.29, 1.82) is 0 Å². The Morgan fingerprint density at radius 1 is 1.19 bits per heavy atom. The fourth-order valence-electron chi connectivity index (χ4n) is 3.90. The van der Waals surface area contributed by atoms with Crippen molar-refractivity contribution in [2.24, 2.45) is 0 Å². The summed E-state index contributed by atoms with van der Waals surface area (Å²) in [4.78, 5) is 18.8. The molecule has 6 nitrogen and oxygen atoms in total. The van der Waals surface area contributed by atoms with Crippen LogP contribution < -0.4 is 5.32 Å². The van der Waals surface area contributed by atoms with Gasteiger partial charge in [-0.15, -0.1) is 0 Å². The van der Waals surface area contributed by atoms with E-state index in [1.807, 2.05) is 49.6 Å². The van der Waals surface area contributed by atoms with Crippen LogP contribution in [0.1, 0.15) is 39.2 Å². The zero-order valence-corrected chi connectivity index (χ0v) is 19.3. The van der Waals surface area contributed by atoms with Crippen LogP contribution in [-0.4, -0.2) is 45.3 Å². The van der Waals surface area contributed by atoms with E-state index in [1.54, 1.807) is 17.0 Å². The minimum absolute atomic E-state index is 0.139. The number of nitrogens with one attached hydrogen (secondary N) is 1. The van der Waals surface area contributed by atoms with Gasteiger partial charge < -0.3 is 19.5 Å². The molecule has 0 spiro atoms. The summed E-state index contributed by atoms with van der Waals surface area (Å²) in [5.74, 6) is 0.327. The van der Waals surface area contributed by atoms with E-state index in [2.05, 4.69) is 5.32 Å². The van der Waals surface area contributed by atoms with Crippen LogP contribution in [0.15, 0.2) is 42.5 Å². The molecule has 0 unspecified atom stereocenters. The predicted octanol–water partition coefficient (Wildman–Crippen LogP) is 5.69. The summed E-state index contributed by atoms with van der Waals surface area (Å²) < 4.78 is 21.9. The standard InChI is InChI=1S/C24H28ClFN4O2/c1-24(2,3)32-23(31)29-13-11-16(12-14-29)27-22-28-20-9-4-5-10-21(20)30(22)15-17-18(25)7-6-8-19(17)26/h4-10,16H,11-15H2,1-3H3,(H,27,28). The molecule has 0 atom stereocenters. The first-order chi connectivity index (χ1) is 15.2. The minimum Gasteiger partial charge on any atom is -0.444 e. The number of hydrogen-bond acceptors (Lipinski definition) is 4. The first-order valence-corrected chi connectivity index (χ1v) is 11.2.